The summed E-state index contributed by atoms with van der Waals surface area (Å²) in [5.74, 6) is 0.486. The molecule has 1 rings (SSSR count). The normalized spacial score (nSPS) is 8.60. The molecule has 0 radical (unpaired) electrons. The third kappa shape index (κ3) is 2.66. The Kier molecular flexibility index (Phi) is 5.54. The Morgan fingerprint density at radius 2 is 1.80 bits per heavy atom. The molecular weight excluding hydrogens is 179 g/mol. The van der Waals surface area contributed by atoms with Crippen LogP contribution in [0.1, 0.15) is 5.56 Å². The van der Waals surface area contributed by atoms with Gasteiger partial charge in [-0.15, -0.1) is 11.6 Å². The molecule has 0 amide bonds. The summed E-state index contributed by atoms with van der Waals surface area (Å²) < 4.78 is 0. The van der Waals surface area contributed by atoms with Crippen LogP contribution < -0.4 is 0 Å². The van der Waals surface area contributed by atoms with Crippen molar-refractivity contribution in [3.63, 3.8) is 0 Å². The molecule has 0 N–H and O–H groups in total. The molecule has 1 aromatic carbocycles. The van der Waals surface area contributed by atoms with Gasteiger partial charge in [0.2, 0.25) is 0 Å². The molecule has 0 saturated carbocycles. The molecule has 1 aromatic rings. The number of rotatable bonds is 1. The van der Waals surface area contributed by atoms with Gasteiger partial charge >= 0.3 is 23.1 Å². The van der Waals surface area contributed by atoms with Gasteiger partial charge in [-0.25, -0.2) is 0 Å². The van der Waals surface area contributed by atoms with Gasteiger partial charge in [0.1, 0.15) is 0 Å². The fourth-order valence-corrected chi connectivity index (χ4v) is 1.11. The number of alkyl halides is 1. The van der Waals surface area contributed by atoms with Gasteiger partial charge in [-0.05, 0) is 11.6 Å². The Morgan fingerprint density at radius 1 is 1.20 bits per heavy atom. The molecule has 0 aromatic heterocycles. The van der Waals surface area contributed by atoms with Crippen LogP contribution in [0, 0.1) is 0 Å². The van der Waals surface area contributed by atoms with E-state index in [0.717, 1.165) is 10.6 Å². The molecule has 0 unspecified atom stereocenters. The fourth-order valence-electron chi connectivity index (χ4n) is 0.607. The van der Waals surface area contributed by atoms with Gasteiger partial charge in [0.15, 0.2) is 0 Å². The molecule has 0 bridgehead atoms. The zero-order valence-electron chi connectivity index (χ0n) is 5.48. The average Bonchev–Trinajstić information content (AvgIpc) is 1.89. The number of halogens is 2. The Labute approximate surface area is 86.7 Å². The van der Waals surface area contributed by atoms with Crippen molar-refractivity contribution in [1.82, 2.24) is 0 Å². The third-order valence-electron chi connectivity index (χ3n) is 1.10. The van der Waals surface area contributed by atoms with E-state index in [1.807, 2.05) is 24.3 Å². The van der Waals surface area contributed by atoms with Gasteiger partial charge in [-0.3, -0.25) is 0 Å². The van der Waals surface area contributed by atoms with E-state index in [2.05, 4.69) is 0 Å². The first-order chi connectivity index (χ1) is 4.34. The molecule has 0 aliphatic rings. The zero-order chi connectivity index (χ0) is 6.69. The second-order valence-electron chi connectivity index (χ2n) is 1.73. The van der Waals surface area contributed by atoms with Crippen LogP contribution in [0.25, 0.3) is 0 Å². The molecule has 0 aliphatic heterocycles. The van der Waals surface area contributed by atoms with Crippen LogP contribution in [0.5, 0.6) is 0 Å². The summed E-state index contributed by atoms with van der Waals surface area (Å²) in [6, 6.07) is 7.55. The minimum Gasteiger partial charge on any atom is -0.121 e. The van der Waals surface area contributed by atoms with Gasteiger partial charge in [-0.2, -0.15) is 0 Å². The van der Waals surface area contributed by atoms with E-state index < -0.39 is 0 Å². The minimum absolute atomic E-state index is 0. The average molecular weight is 185 g/mol. The smallest absolute Gasteiger partial charge is 0.121 e. The van der Waals surface area contributed by atoms with Crippen LogP contribution in [0.15, 0.2) is 24.3 Å². The fraction of sp³-hybridized carbons (Fsp3) is 0.143. The van der Waals surface area contributed by atoms with E-state index in [-0.39, 0.29) is 23.1 Å². The van der Waals surface area contributed by atoms with E-state index in [4.69, 9.17) is 23.2 Å². The van der Waals surface area contributed by atoms with Gasteiger partial charge < -0.3 is 0 Å². The predicted octanol–water partition coefficient (Wildman–Crippen LogP) is 2.70. The van der Waals surface area contributed by atoms with Crippen LogP contribution in [0.2, 0.25) is 5.02 Å². The van der Waals surface area contributed by atoms with Gasteiger partial charge in [-0.1, -0.05) is 29.8 Å². The first kappa shape index (κ1) is 10.6. The topological polar surface area (TPSA) is 0 Å². The largest absolute Gasteiger partial charge is 2.00 e. The monoisotopic (exact) mass is 184 g/mol. The summed E-state index contributed by atoms with van der Waals surface area (Å²) in [5.41, 5.74) is 0.987. The summed E-state index contributed by atoms with van der Waals surface area (Å²) >= 11 is 11.3. The first-order valence-electron chi connectivity index (χ1n) is 2.64. The van der Waals surface area contributed by atoms with E-state index in [1.54, 1.807) is 0 Å². The van der Waals surface area contributed by atoms with Crippen LogP contribution in [0.4, 0.5) is 0 Å². The van der Waals surface area contributed by atoms with Crippen molar-refractivity contribution in [1.29, 1.82) is 0 Å². The molecule has 3 heteroatoms. The Morgan fingerprint density at radius 3 is 2.20 bits per heavy atom. The summed E-state index contributed by atoms with van der Waals surface area (Å²) in [4.78, 5) is 0. The molecule has 10 heavy (non-hydrogen) atoms. The summed E-state index contributed by atoms with van der Waals surface area (Å²) in [7, 11) is 0. The van der Waals surface area contributed by atoms with Gasteiger partial charge in [0, 0.05) is 10.9 Å². The predicted molar refractivity (Wildman–Crippen MR) is 46.8 cm³/mol. The van der Waals surface area contributed by atoms with E-state index in [9.17, 15) is 0 Å². The van der Waals surface area contributed by atoms with Crippen molar-refractivity contribution < 1.29 is 0 Å². The minimum atomic E-state index is 0. The second-order valence-corrected chi connectivity index (χ2v) is 2.40. The number of hydrogen-bond donors (Lipinski definition) is 0. The maximum atomic E-state index is 5.74. The van der Waals surface area contributed by atoms with Crippen molar-refractivity contribution >= 4 is 46.3 Å². The molecule has 0 heterocycles. The Bertz CT molecular complexity index is 201. The summed E-state index contributed by atoms with van der Waals surface area (Å²) in [5, 5.41) is 0.743. The SMILES string of the molecule is ClCc1ccccc1Cl.[Mg+2]. The maximum absolute atomic E-state index is 5.74. The molecule has 0 nitrogen and oxygen atoms in total. The van der Waals surface area contributed by atoms with E-state index >= 15 is 0 Å². The number of hydrogen-bond acceptors (Lipinski definition) is 0. The maximum Gasteiger partial charge on any atom is 2.00 e. The zero-order valence-corrected chi connectivity index (χ0v) is 8.41. The van der Waals surface area contributed by atoms with Crippen molar-refractivity contribution in [3.05, 3.63) is 34.9 Å². The van der Waals surface area contributed by atoms with Crippen molar-refractivity contribution in [3.8, 4) is 0 Å². The molecule has 0 aliphatic carbocycles. The van der Waals surface area contributed by atoms with Gasteiger partial charge in [0.05, 0.1) is 0 Å². The molecule has 48 valence electrons. The molecular formula is C7H6Cl2Mg+2. The standard InChI is InChI=1S/C7H6Cl2.Mg/c8-5-6-3-1-2-4-7(6)9;/h1-4H,5H2;/q;+2. The van der Waals surface area contributed by atoms with E-state index in [0.29, 0.717) is 5.88 Å². The Hall–Kier alpha value is 0.566. The van der Waals surface area contributed by atoms with Crippen LogP contribution in [-0.4, -0.2) is 23.1 Å². The van der Waals surface area contributed by atoms with Gasteiger partial charge in [0.25, 0.3) is 0 Å². The van der Waals surface area contributed by atoms with E-state index in [1.165, 1.54) is 0 Å². The summed E-state index contributed by atoms with van der Waals surface area (Å²) in [6.07, 6.45) is 0. The molecule has 0 spiro atoms. The molecule has 0 atom stereocenters. The number of benzene rings is 1. The van der Waals surface area contributed by atoms with Crippen molar-refractivity contribution in [2.24, 2.45) is 0 Å². The van der Waals surface area contributed by atoms with Crippen LogP contribution >= 0.6 is 23.2 Å². The van der Waals surface area contributed by atoms with Crippen LogP contribution in [0.3, 0.4) is 0 Å². The van der Waals surface area contributed by atoms with Crippen molar-refractivity contribution in [2.45, 2.75) is 5.88 Å². The van der Waals surface area contributed by atoms with Crippen LogP contribution in [-0.2, 0) is 5.88 Å². The molecule has 0 saturated heterocycles. The third-order valence-corrected chi connectivity index (χ3v) is 1.76. The first-order valence-corrected chi connectivity index (χ1v) is 3.55. The van der Waals surface area contributed by atoms with Crippen molar-refractivity contribution in [2.75, 3.05) is 0 Å². The Balaban J connectivity index is 0.000000810. The molecule has 0 fully saturated rings. The summed E-state index contributed by atoms with van der Waals surface area (Å²) in [6.45, 7) is 0. The second kappa shape index (κ2) is 5.25. The quantitative estimate of drug-likeness (QED) is 0.466.